The van der Waals surface area contributed by atoms with Crippen LogP contribution >= 0.6 is 28.4 Å². The van der Waals surface area contributed by atoms with Crippen LogP contribution in [0.25, 0.3) is 0 Å². The van der Waals surface area contributed by atoms with Crippen LogP contribution in [0, 0.1) is 23.7 Å². The molecule has 2 N–H and O–H groups in total. The maximum atomic E-state index is 11.5. The molecule has 0 unspecified atom stereocenters. The summed E-state index contributed by atoms with van der Waals surface area (Å²) < 4.78 is 28.4. The van der Waals surface area contributed by atoms with Crippen molar-refractivity contribution < 1.29 is 34.0 Å². The Labute approximate surface area is 263 Å². The molecule has 0 heterocycles. The molecular formula is C29H57B2BrO7S. The molecule has 4 atom stereocenters. The zero-order chi connectivity index (χ0) is 32.8. The fraction of sp³-hybridized carbons (Fsp3) is 0.931. The van der Waals surface area contributed by atoms with E-state index in [4.69, 9.17) is 22.1 Å². The van der Waals surface area contributed by atoms with Crippen LogP contribution in [0.1, 0.15) is 106 Å². The highest BCUT2D eigenvalue weighted by Gasteiger charge is 2.22. The summed E-state index contributed by atoms with van der Waals surface area (Å²) in [5, 5.41) is 13.5. The molecule has 40 heavy (non-hydrogen) atoms. The number of aliphatic hydroxyl groups excluding tert-OH is 2. The fourth-order valence-electron chi connectivity index (χ4n) is 4.69. The number of hydrogen-bond acceptors (Lipinski definition) is 8. The highest BCUT2D eigenvalue weighted by atomic mass is 79.9. The van der Waals surface area contributed by atoms with Crippen molar-refractivity contribution in [1.82, 2.24) is 0 Å². The lowest BCUT2D eigenvalue weighted by Crippen LogP contribution is -2.28. The van der Waals surface area contributed by atoms with Crippen LogP contribution in [0.2, 0.25) is 0 Å². The maximum Gasteiger partial charge on any atom is 0.332 e. The molecule has 0 saturated heterocycles. The molecule has 0 aromatic heterocycles. The zero-order valence-corrected chi connectivity index (χ0v) is 28.6. The van der Waals surface area contributed by atoms with Gasteiger partial charge in [-0.2, -0.15) is 0 Å². The van der Waals surface area contributed by atoms with Gasteiger partial charge < -0.3 is 24.4 Å². The summed E-state index contributed by atoms with van der Waals surface area (Å²) in [4.78, 5) is 22.0. The van der Waals surface area contributed by atoms with E-state index in [0.29, 0.717) is 37.6 Å². The Morgan fingerprint density at radius 3 is 1.85 bits per heavy atom. The molecule has 0 aliphatic heterocycles. The second kappa shape index (κ2) is 24.2. The van der Waals surface area contributed by atoms with Crippen molar-refractivity contribution in [3.63, 3.8) is 0 Å². The van der Waals surface area contributed by atoms with E-state index in [2.05, 4.69) is 48.2 Å². The van der Waals surface area contributed by atoms with Crippen molar-refractivity contribution >= 4 is 54.5 Å². The SMILES string of the molecule is CC(C)(C)OC(=O)CBr.CC[C@@H]1CCC[C@H](COCC(=O)OC(C)(C)C)C1.[2H]B([B])S.[3H]OC[C@@H]1CCC[C@H](CO)C1. The molecule has 2 saturated carbocycles. The van der Waals surface area contributed by atoms with Crippen molar-refractivity contribution in [1.29, 1.82) is 2.77 Å². The zero-order valence-electron chi connectivity index (χ0n) is 28.1. The van der Waals surface area contributed by atoms with Crippen molar-refractivity contribution in [2.75, 3.05) is 31.8 Å². The molecule has 2 aliphatic rings. The number of esters is 2. The molecule has 2 aliphatic carbocycles. The van der Waals surface area contributed by atoms with E-state index >= 15 is 0 Å². The van der Waals surface area contributed by atoms with Gasteiger partial charge in [-0.05, 0) is 98.7 Å². The molecule has 0 bridgehead atoms. The van der Waals surface area contributed by atoms with Crippen molar-refractivity contribution in [2.24, 2.45) is 23.7 Å². The number of ether oxygens (including phenoxy) is 3. The van der Waals surface area contributed by atoms with Gasteiger partial charge in [-0.25, -0.2) is 17.3 Å². The Morgan fingerprint density at radius 1 is 0.975 bits per heavy atom. The topological polar surface area (TPSA) is 102 Å². The number of halogens is 1. The minimum Gasteiger partial charge on any atom is -0.459 e. The van der Waals surface area contributed by atoms with E-state index < -0.39 is 12.0 Å². The maximum absolute atomic E-state index is 11.5. The van der Waals surface area contributed by atoms with Gasteiger partial charge in [-0.1, -0.05) is 48.5 Å². The minimum atomic E-state index is -0.722. The lowest BCUT2D eigenvalue weighted by molar-refractivity contribution is -0.160. The van der Waals surface area contributed by atoms with Gasteiger partial charge in [0.1, 0.15) is 29.6 Å². The van der Waals surface area contributed by atoms with E-state index in [9.17, 15) is 9.59 Å². The average molecular weight is 654 g/mol. The molecule has 234 valence electrons. The Morgan fingerprint density at radius 2 is 1.43 bits per heavy atom. The minimum absolute atomic E-state index is 0.0879. The summed E-state index contributed by atoms with van der Waals surface area (Å²) >= 11 is 6.40. The van der Waals surface area contributed by atoms with E-state index in [1.54, 1.807) is 0 Å². The van der Waals surface area contributed by atoms with Gasteiger partial charge in [-0.15, -0.1) is 0 Å². The van der Waals surface area contributed by atoms with Crippen LogP contribution in [-0.4, -0.2) is 82.0 Å². The Kier molecular flexibility index (Phi) is 22.9. The second-order valence-corrected chi connectivity index (χ2v) is 13.4. The number of rotatable bonds is 9. The third-order valence-corrected chi connectivity index (χ3v) is 6.83. The molecule has 7 nitrogen and oxygen atoms in total. The first-order valence-corrected chi connectivity index (χ1v) is 16.2. The van der Waals surface area contributed by atoms with Crippen LogP contribution in [0.3, 0.4) is 0 Å². The van der Waals surface area contributed by atoms with Gasteiger partial charge >= 0.3 is 11.9 Å². The van der Waals surface area contributed by atoms with E-state index in [1.807, 2.05) is 41.5 Å². The molecule has 2 fully saturated rings. The first kappa shape index (κ1) is 37.8. The summed E-state index contributed by atoms with van der Waals surface area (Å²) in [5.41, 5.74) is -0.774. The first-order chi connectivity index (χ1) is 19.5. The summed E-state index contributed by atoms with van der Waals surface area (Å²) in [5.74, 6) is 1.98. The number of hydrogen-bond donors (Lipinski definition) is 3. The van der Waals surface area contributed by atoms with Crippen LogP contribution in [0.15, 0.2) is 0 Å². The number of thiol groups is 1. The highest BCUT2D eigenvalue weighted by molar-refractivity contribution is 9.09. The number of aliphatic hydroxyl groups is 2. The third kappa shape index (κ3) is 26.7. The normalized spacial score (nSPS) is 23.2. The molecule has 11 heteroatoms. The van der Waals surface area contributed by atoms with Crippen LogP contribution < -0.4 is 0 Å². The van der Waals surface area contributed by atoms with Gasteiger partial charge in [0.2, 0.25) is 1.43 Å². The number of carbonyl (C=O) groups excluding carboxylic acids is 2. The van der Waals surface area contributed by atoms with Crippen LogP contribution in [-0.2, 0) is 23.8 Å². The molecule has 0 aromatic rings. The van der Waals surface area contributed by atoms with Gasteiger partial charge in [-0.3, -0.25) is 4.79 Å². The van der Waals surface area contributed by atoms with Gasteiger partial charge in [0.05, 0.1) is 6.61 Å². The summed E-state index contributed by atoms with van der Waals surface area (Å²) in [6, 6.07) is 0. The fourth-order valence-corrected chi connectivity index (χ4v) is 4.81. The van der Waals surface area contributed by atoms with Crippen LogP contribution in [0.4, 0.5) is 0 Å². The Hall–Kier alpha value is -0.220. The Bertz CT molecular complexity index is 693. The predicted molar refractivity (Wildman–Crippen MR) is 174 cm³/mol. The summed E-state index contributed by atoms with van der Waals surface area (Å²) in [6.07, 6.45) is 10.2. The predicted octanol–water partition coefficient (Wildman–Crippen LogP) is 5.41. The number of carbonyl (C=O) groups is 2. The number of alkyl halides is 1. The van der Waals surface area contributed by atoms with Crippen molar-refractivity contribution in [3.05, 3.63) is 0 Å². The quantitative estimate of drug-likeness (QED) is 0.132. The lowest BCUT2D eigenvalue weighted by atomic mass is 9.79. The molecule has 0 aromatic carbocycles. The molecule has 2 radical (unpaired) electrons. The lowest BCUT2D eigenvalue weighted by Gasteiger charge is -2.28. The smallest absolute Gasteiger partial charge is 0.332 e. The standard InChI is InChI=1S/C15H28O3.C8H16O2.C6H11BrO2.B2H2S/c1-5-12-7-6-8-13(9-12)10-17-11-14(16)18-15(2,3)4;9-5-7-2-1-3-8(4-7)6-10;1-6(2,3)9-5(8)4-7;1-2-3/h12-13H,5-11H2,1-4H3;7-10H,1-6H2;4H2,1-3H3;2-3H/t12-,13+;7-,8+;;/m1.../s1/i;9T;;2D/m.1../s1. The van der Waals surface area contributed by atoms with Crippen molar-refractivity contribution in [2.45, 2.75) is 117 Å². The molecular weight excluding hydrogens is 594 g/mol. The summed E-state index contributed by atoms with van der Waals surface area (Å²) in [6.45, 7) is 15.0. The van der Waals surface area contributed by atoms with Crippen molar-refractivity contribution in [3.8, 4) is 0 Å². The Balaban J connectivity index is 0. The van der Waals surface area contributed by atoms with E-state index in [0.717, 1.165) is 25.2 Å². The first-order valence-electron chi connectivity index (χ1n) is 15.6. The van der Waals surface area contributed by atoms with Gasteiger partial charge in [0, 0.05) is 21.0 Å². The van der Waals surface area contributed by atoms with E-state index in [-0.39, 0.29) is 29.5 Å². The third-order valence-electron chi connectivity index (χ3n) is 6.38. The molecule has 2 rings (SSSR count). The largest absolute Gasteiger partial charge is 0.459 e. The van der Waals surface area contributed by atoms with Gasteiger partial charge in [0.15, 0.2) is 0 Å². The monoisotopic (exact) mass is 653 g/mol. The summed E-state index contributed by atoms with van der Waals surface area (Å²) in [7, 11) is 4.64. The molecule has 0 spiro atoms. The second-order valence-electron chi connectivity index (χ2n) is 12.5. The van der Waals surface area contributed by atoms with Crippen LogP contribution in [0.5, 0.6) is 0 Å². The molecule has 0 amide bonds. The highest BCUT2D eigenvalue weighted by Crippen LogP contribution is 2.31. The van der Waals surface area contributed by atoms with Gasteiger partial charge in [0.25, 0.3) is 0 Å². The average Bonchev–Trinajstić information content (AvgIpc) is 2.87. The van der Waals surface area contributed by atoms with E-state index in [1.165, 1.54) is 38.5 Å².